The molecule has 1 unspecified atom stereocenters. The molecule has 1 saturated heterocycles. The van der Waals surface area contributed by atoms with E-state index in [1.807, 2.05) is 79.9 Å². The van der Waals surface area contributed by atoms with Gasteiger partial charge in [0, 0.05) is 17.3 Å². The summed E-state index contributed by atoms with van der Waals surface area (Å²) in [4.78, 5) is 15.6. The van der Waals surface area contributed by atoms with Gasteiger partial charge < -0.3 is 0 Å². The highest BCUT2D eigenvalue weighted by atomic mass is 32.2. The van der Waals surface area contributed by atoms with Gasteiger partial charge in [-0.1, -0.05) is 72.5 Å². The highest BCUT2D eigenvalue weighted by Gasteiger charge is 2.36. The van der Waals surface area contributed by atoms with Crippen LogP contribution in [0.5, 0.6) is 0 Å². The topological polar surface area (TPSA) is 38.1 Å². The zero-order valence-corrected chi connectivity index (χ0v) is 19.9. The number of thioether (sulfide) groups is 1. The van der Waals surface area contributed by atoms with Gasteiger partial charge in [0.2, 0.25) is 0 Å². The molecule has 5 rings (SSSR count). The monoisotopic (exact) mass is 485 g/mol. The minimum Gasteiger partial charge on any atom is -0.286 e. The van der Waals surface area contributed by atoms with Crippen LogP contribution in [0.3, 0.4) is 0 Å². The summed E-state index contributed by atoms with van der Waals surface area (Å²) in [5, 5.41) is 4.75. The summed E-state index contributed by atoms with van der Waals surface area (Å²) < 4.78 is 15.8. The van der Waals surface area contributed by atoms with Crippen LogP contribution >= 0.6 is 24.0 Å². The third-order valence-electron chi connectivity index (χ3n) is 5.66. The summed E-state index contributed by atoms with van der Waals surface area (Å²) in [6, 6.07) is 25.5. The van der Waals surface area contributed by atoms with Crippen molar-refractivity contribution in [3.63, 3.8) is 0 Å². The van der Waals surface area contributed by atoms with Crippen molar-refractivity contribution in [1.29, 1.82) is 0 Å². The van der Waals surface area contributed by atoms with Crippen molar-refractivity contribution in [3.05, 3.63) is 113 Å². The molecule has 7 heteroatoms. The van der Waals surface area contributed by atoms with Gasteiger partial charge in [-0.25, -0.2) is 9.07 Å². The lowest BCUT2D eigenvalue weighted by atomic mass is 10.1. The largest absolute Gasteiger partial charge is 0.286 e. The van der Waals surface area contributed by atoms with Crippen LogP contribution in [0.15, 0.2) is 96.0 Å². The number of hydrogen-bond acceptors (Lipinski definition) is 4. The van der Waals surface area contributed by atoms with E-state index in [2.05, 4.69) is 0 Å². The predicted octanol–water partition coefficient (Wildman–Crippen LogP) is 6.64. The van der Waals surface area contributed by atoms with Gasteiger partial charge in [0.15, 0.2) is 0 Å². The third kappa shape index (κ3) is 4.32. The Labute approximate surface area is 206 Å². The van der Waals surface area contributed by atoms with Gasteiger partial charge in [-0.15, -0.1) is 0 Å². The number of carbonyl (C=O) groups excluding carboxylic acids is 1. The Hall–Kier alpha value is -3.55. The van der Waals surface area contributed by atoms with Crippen LogP contribution in [0.2, 0.25) is 0 Å². The van der Waals surface area contributed by atoms with Gasteiger partial charge in [0.05, 0.1) is 22.3 Å². The highest BCUT2D eigenvalue weighted by molar-refractivity contribution is 8.26. The molecule has 168 valence electrons. The van der Waals surface area contributed by atoms with E-state index in [1.54, 1.807) is 21.7 Å². The van der Waals surface area contributed by atoms with Crippen LogP contribution in [-0.4, -0.2) is 24.9 Å². The van der Waals surface area contributed by atoms with E-state index in [0.717, 1.165) is 22.4 Å². The molecule has 1 amide bonds. The average molecular weight is 486 g/mol. The quantitative estimate of drug-likeness (QED) is 0.235. The molecule has 0 radical (unpaired) electrons. The minimum atomic E-state index is -0.316. The zero-order chi connectivity index (χ0) is 23.7. The number of halogens is 1. The Kier molecular flexibility index (Phi) is 6.13. The maximum atomic E-state index is 13.5. The van der Waals surface area contributed by atoms with Crippen LogP contribution in [0.1, 0.15) is 24.1 Å². The van der Waals surface area contributed by atoms with Crippen LogP contribution in [0.4, 0.5) is 4.39 Å². The van der Waals surface area contributed by atoms with Crippen LogP contribution in [0.25, 0.3) is 23.0 Å². The summed E-state index contributed by atoms with van der Waals surface area (Å²) in [5.41, 5.74) is 4.07. The molecule has 1 aromatic heterocycles. The SMILES string of the molecule is CC(c1ccccc1)N1C(=O)/C(=C\c2cn(-c3ccccc3)nc2-c2ccc(F)cc2)SC1=S. The maximum absolute atomic E-state index is 13.5. The van der Waals surface area contributed by atoms with E-state index >= 15 is 0 Å². The Morgan fingerprint density at radius 3 is 2.29 bits per heavy atom. The van der Waals surface area contributed by atoms with E-state index in [0.29, 0.717) is 14.9 Å². The molecule has 34 heavy (non-hydrogen) atoms. The van der Waals surface area contributed by atoms with Crippen molar-refractivity contribution < 1.29 is 9.18 Å². The molecule has 1 aliphatic rings. The van der Waals surface area contributed by atoms with E-state index in [4.69, 9.17) is 17.3 Å². The number of rotatable bonds is 5. The molecule has 0 N–H and O–H groups in total. The van der Waals surface area contributed by atoms with Gasteiger partial charge in [-0.05, 0) is 55.0 Å². The van der Waals surface area contributed by atoms with Crippen LogP contribution in [-0.2, 0) is 4.79 Å². The normalized spacial score (nSPS) is 15.8. The second kappa shape index (κ2) is 9.37. The predicted molar refractivity (Wildman–Crippen MR) is 139 cm³/mol. The van der Waals surface area contributed by atoms with Crippen molar-refractivity contribution in [1.82, 2.24) is 14.7 Å². The Morgan fingerprint density at radius 2 is 1.62 bits per heavy atom. The second-order valence-electron chi connectivity index (χ2n) is 7.86. The van der Waals surface area contributed by atoms with Gasteiger partial charge in [0.25, 0.3) is 5.91 Å². The smallest absolute Gasteiger partial charge is 0.266 e. The number of amides is 1. The first-order valence-corrected chi connectivity index (χ1v) is 12.0. The van der Waals surface area contributed by atoms with Gasteiger partial charge >= 0.3 is 0 Å². The first-order chi connectivity index (χ1) is 16.5. The standard InChI is InChI=1S/C27H20FN3OS2/c1-18(19-8-4-2-5-9-19)31-26(32)24(34-27(31)33)16-21-17-30(23-10-6-3-7-11-23)29-25(21)20-12-14-22(28)15-13-20/h2-18H,1H3/b24-16+. The highest BCUT2D eigenvalue weighted by Crippen LogP contribution is 2.39. The van der Waals surface area contributed by atoms with E-state index in [-0.39, 0.29) is 17.8 Å². The number of hydrogen-bond donors (Lipinski definition) is 0. The van der Waals surface area contributed by atoms with E-state index in [9.17, 15) is 9.18 Å². The number of nitrogens with zero attached hydrogens (tertiary/aromatic N) is 3. The van der Waals surface area contributed by atoms with Gasteiger partial charge in [0.1, 0.15) is 10.1 Å². The minimum absolute atomic E-state index is 0.135. The number of aromatic nitrogens is 2. The third-order valence-corrected chi connectivity index (χ3v) is 6.99. The lowest BCUT2D eigenvalue weighted by Crippen LogP contribution is -2.30. The summed E-state index contributed by atoms with van der Waals surface area (Å²) in [7, 11) is 0. The van der Waals surface area contributed by atoms with E-state index < -0.39 is 0 Å². The summed E-state index contributed by atoms with van der Waals surface area (Å²) >= 11 is 6.86. The van der Waals surface area contributed by atoms with Crippen molar-refractivity contribution in [2.45, 2.75) is 13.0 Å². The van der Waals surface area contributed by atoms with Gasteiger partial charge in [-0.3, -0.25) is 9.69 Å². The summed E-state index contributed by atoms with van der Waals surface area (Å²) in [6.07, 6.45) is 3.70. The van der Waals surface area contributed by atoms with Crippen LogP contribution < -0.4 is 0 Å². The average Bonchev–Trinajstić information content (AvgIpc) is 3.41. The lowest BCUT2D eigenvalue weighted by molar-refractivity contribution is -0.123. The molecule has 0 bridgehead atoms. The second-order valence-corrected chi connectivity index (χ2v) is 9.53. The Balaban J connectivity index is 1.54. The van der Waals surface area contributed by atoms with Crippen molar-refractivity contribution in [3.8, 4) is 16.9 Å². The fourth-order valence-corrected chi connectivity index (χ4v) is 5.28. The molecule has 0 aliphatic carbocycles. The number of benzene rings is 3. The maximum Gasteiger partial charge on any atom is 0.266 e. The number of carbonyl (C=O) groups is 1. The molecule has 1 aliphatic heterocycles. The number of para-hydroxylation sites is 1. The Bertz CT molecular complexity index is 1380. The first kappa shape index (κ1) is 22.3. The number of thiocarbonyl (C=S) groups is 1. The fourth-order valence-electron chi connectivity index (χ4n) is 3.87. The lowest BCUT2D eigenvalue weighted by Gasteiger charge is -2.23. The van der Waals surface area contributed by atoms with Crippen LogP contribution in [0, 0.1) is 5.82 Å². The molecule has 4 aromatic rings. The molecule has 4 nitrogen and oxygen atoms in total. The van der Waals surface area contributed by atoms with Crippen molar-refractivity contribution in [2.24, 2.45) is 0 Å². The fraction of sp³-hybridized carbons (Fsp3) is 0.0741. The molecular formula is C27H20FN3OS2. The molecular weight excluding hydrogens is 465 g/mol. The molecule has 0 spiro atoms. The molecule has 3 aromatic carbocycles. The van der Waals surface area contributed by atoms with E-state index in [1.165, 1.54) is 23.9 Å². The first-order valence-electron chi connectivity index (χ1n) is 10.7. The molecule has 1 atom stereocenters. The zero-order valence-electron chi connectivity index (χ0n) is 18.3. The molecule has 1 fully saturated rings. The van der Waals surface area contributed by atoms with Gasteiger partial charge in [-0.2, -0.15) is 5.10 Å². The molecule has 2 heterocycles. The summed E-state index contributed by atoms with van der Waals surface area (Å²) in [5.74, 6) is -0.451. The Morgan fingerprint density at radius 1 is 0.971 bits per heavy atom. The summed E-state index contributed by atoms with van der Waals surface area (Å²) in [6.45, 7) is 1.97. The van der Waals surface area contributed by atoms with Crippen molar-refractivity contribution >= 4 is 40.3 Å². The molecule has 0 saturated carbocycles. The van der Waals surface area contributed by atoms with Crippen molar-refractivity contribution in [2.75, 3.05) is 0 Å².